The Kier molecular flexibility index (Phi) is 4.24. The summed E-state index contributed by atoms with van der Waals surface area (Å²) in [4.78, 5) is 12.6. The number of nitrogens with zero attached hydrogens (tertiary/aromatic N) is 3. The van der Waals surface area contributed by atoms with Gasteiger partial charge in [0.1, 0.15) is 10.9 Å². The maximum Gasteiger partial charge on any atom is 0.269 e. The molecule has 1 N–H and O–H groups in total. The Balaban J connectivity index is 2.27. The van der Waals surface area contributed by atoms with Gasteiger partial charge in [-0.25, -0.2) is 0 Å². The second-order valence-electron chi connectivity index (χ2n) is 3.66. The van der Waals surface area contributed by atoms with E-state index < -0.39 is 0 Å². The van der Waals surface area contributed by atoms with Crippen molar-refractivity contribution in [1.29, 1.82) is 5.26 Å². The number of anilines is 1. The maximum absolute atomic E-state index is 12.1. The smallest absolute Gasteiger partial charge is 0.269 e. The van der Waals surface area contributed by atoms with Crippen LogP contribution in [0.5, 0.6) is 0 Å². The van der Waals surface area contributed by atoms with Gasteiger partial charge in [0, 0.05) is 4.47 Å². The first-order chi connectivity index (χ1) is 9.15. The number of aromatic nitrogens is 2. The number of halogens is 1. The van der Waals surface area contributed by atoms with Gasteiger partial charge >= 0.3 is 0 Å². The van der Waals surface area contributed by atoms with Crippen LogP contribution in [0.1, 0.15) is 27.9 Å². The fourth-order valence-electron chi connectivity index (χ4n) is 1.51. The van der Waals surface area contributed by atoms with E-state index in [9.17, 15) is 4.79 Å². The first kappa shape index (κ1) is 13.6. The second-order valence-corrected chi connectivity index (χ2v) is 5.33. The van der Waals surface area contributed by atoms with Gasteiger partial charge in [0.2, 0.25) is 0 Å². The number of hydrogen-bond donors (Lipinski definition) is 1. The Labute approximate surface area is 122 Å². The first-order valence-electron chi connectivity index (χ1n) is 5.48. The minimum atomic E-state index is -0.286. The third-order valence-electron chi connectivity index (χ3n) is 2.45. The summed E-state index contributed by atoms with van der Waals surface area (Å²) in [6.07, 6.45) is 0.644. The number of benzene rings is 1. The van der Waals surface area contributed by atoms with Crippen molar-refractivity contribution in [3.8, 4) is 6.07 Å². The van der Waals surface area contributed by atoms with Gasteiger partial charge < -0.3 is 5.32 Å². The summed E-state index contributed by atoms with van der Waals surface area (Å²) in [6.45, 7) is 1.91. The van der Waals surface area contributed by atoms with Gasteiger partial charge in [-0.05, 0) is 36.2 Å². The molecule has 0 bridgehead atoms. The topological polar surface area (TPSA) is 78.7 Å². The minimum Gasteiger partial charge on any atom is -0.320 e. The van der Waals surface area contributed by atoms with Crippen LogP contribution >= 0.6 is 27.5 Å². The summed E-state index contributed by atoms with van der Waals surface area (Å²) < 4.78 is 4.56. The van der Waals surface area contributed by atoms with Gasteiger partial charge in [-0.1, -0.05) is 27.3 Å². The first-order valence-corrected chi connectivity index (χ1v) is 7.04. The number of carbonyl (C=O) groups excluding carboxylic acids is 1. The minimum absolute atomic E-state index is 0.286. The molecule has 7 heteroatoms. The van der Waals surface area contributed by atoms with Crippen LogP contribution in [0.3, 0.4) is 0 Å². The van der Waals surface area contributed by atoms with Crippen molar-refractivity contribution >= 4 is 39.1 Å². The normalized spacial score (nSPS) is 9.95. The average molecular weight is 337 g/mol. The number of nitrogens with one attached hydrogen (secondary N) is 1. The van der Waals surface area contributed by atoms with Crippen molar-refractivity contribution in [3.63, 3.8) is 0 Å². The molecule has 1 amide bonds. The highest BCUT2D eigenvalue weighted by atomic mass is 79.9. The van der Waals surface area contributed by atoms with E-state index >= 15 is 0 Å². The Morgan fingerprint density at radius 2 is 2.37 bits per heavy atom. The van der Waals surface area contributed by atoms with Crippen molar-refractivity contribution in [1.82, 2.24) is 9.59 Å². The van der Waals surface area contributed by atoms with Gasteiger partial charge in [-0.2, -0.15) is 5.26 Å². The molecule has 0 radical (unpaired) electrons. The molecule has 19 heavy (non-hydrogen) atoms. The molecule has 0 saturated heterocycles. The molecule has 1 heterocycles. The lowest BCUT2D eigenvalue weighted by Crippen LogP contribution is -2.13. The largest absolute Gasteiger partial charge is 0.320 e. The third kappa shape index (κ3) is 2.97. The molecule has 0 unspecified atom stereocenters. The molecule has 0 atom stereocenters. The zero-order valence-electron chi connectivity index (χ0n) is 9.98. The number of aryl methyl sites for hydroxylation is 1. The molecule has 0 aliphatic carbocycles. The molecule has 0 spiro atoms. The highest BCUT2D eigenvalue weighted by Crippen LogP contribution is 2.22. The summed E-state index contributed by atoms with van der Waals surface area (Å²) in [6, 6.07) is 7.14. The lowest BCUT2D eigenvalue weighted by atomic mass is 10.2. The van der Waals surface area contributed by atoms with Crippen LogP contribution in [0.25, 0.3) is 0 Å². The summed E-state index contributed by atoms with van der Waals surface area (Å²) in [5.41, 5.74) is 1.54. The average Bonchev–Trinajstić information content (AvgIpc) is 2.89. The van der Waals surface area contributed by atoms with Crippen LogP contribution in [0.15, 0.2) is 22.7 Å². The highest BCUT2D eigenvalue weighted by molar-refractivity contribution is 9.10. The Morgan fingerprint density at radius 3 is 3.05 bits per heavy atom. The van der Waals surface area contributed by atoms with E-state index in [0.29, 0.717) is 28.2 Å². The molecular formula is C12H9BrN4OS. The quantitative estimate of drug-likeness (QED) is 0.934. The Hall–Kier alpha value is -1.78. The van der Waals surface area contributed by atoms with Gasteiger partial charge in [-0.15, -0.1) is 5.10 Å². The third-order valence-corrected chi connectivity index (χ3v) is 3.71. The van der Waals surface area contributed by atoms with Crippen LogP contribution in [0.2, 0.25) is 0 Å². The Morgan fingerprint density at radius 1 is 1.58 bits per heavy atom. The molecule has 1 aromatic heterocycles. The van der Waals surface area contributed by atoms with Crippen molar-refractivity contribution in [3.05, 3.63) is 38.8 Å². The predicted molar refractivity (Wildman–Crippen MR) is 76.1 cm³/mol. The zero-order chi connectivity index (χ0) is 13.8. The fourth-order valence-corrected chi connectivity index (χ4v) is 2.52. The van der Waals surface area contributed by atoms with Crippen LogP contribution in [0.4, 0.5) is 5.69 Å². The van der Waals surface area contributed by atoms with Gasteiger partial charge in [0.05, 0.1) is 16.9 Å². The van der Waals surface area contributed by atoms with Crippen LogP contribution < -0.4 is 5.32 Å². The van der Waals surface area contributed by atoms with E-state index in [1.54, 1.807) is 18.2 Å². The number of nitriles is 1. The highest BCUT2D eigenvalue weighted by Gasteiger charge is 2.16. The van der Waals surface area contributed by atoms with E-state index in [2.05, 4.69) is 30.8 Å². The van der Waals surface area contributed by atoms with Gasteiger partial charge in [0.15, 0.2) is 0 Å². The fraction of sp³-hybridized carbons (Fsp3) is 0.167. The lowest BCUT2D eigenvalue weighted by Gasteiger charge is -2.06. The lowest BCUT2D eigenvalue weighted by molar-refractivity contribution is 0.102. The van der Waals surface area contributed by atoms with Crippen molar-refractivity contribution in [2.24, 2.45) is 0 Å². The van der Waals surface area contributed by atoms with Gasteiger partial charge in [0.25, 0.3) is 5.91 Å². The SMILES string of the molecule is CCc1nnsc1C(=O)Nc1ccc(Br)cc1C#N. The molecule has 0 aliphatic heterocycles. The van der Waals surface area contributed by atoms with Crippen molar-refractivity contribution in [2.45, 2.75) is 13.3 Å². The molecule has 5 nitrogen and oxygen atoms in total. The van der Waals surface area contributed by atoms with E-state index in [1.165, 1.54) is 0 Å². The second kappa shape index (κ2) is 5.91. The number of carbonyl (C=O) groups is 1. The summed E-state index contributed by atoms with van der Waals surface area (Å²) in [7, 11) is 0. The molecule has 2 rings (SSSR count). The van der Waals surface area contributed by atoms with Crippen LogP contribution in [0, 0.1) is 11.3 Å². The summed E-state index contributed by atoms with van der Waals surface area (Å²) >= 11 is 4.34. The van der Waals surface area contributed by atoms with Crippen LogP contribution in [-0.2, 0) is 6.42 Å². The molecule has 0 aliphatic rings. The predicted octanol–water partition coefficient (Wildman–Crippen LogP) is 2.99. The van der Waals surface area contributed by atoms with E-state index in [-0.39, 0.29) is 5.91 Å². The number of rotatable bonds is 3. The van der Waals surface area contributed by atoms with E-state index in [4.69, 9.17) is 5.26 Å². The number of amides is 1. The van der Waals surface area contributed by atoms with Crippen molar-refractivity contribution in [2.75, 3.05) is 5.32 Å². The zero-order valence-corrected chi connectivity index (χ0v) is 12.4. The summed E-state index contributed by atoms with van der Waals surface area (Å²) in [5, 5.41) is 15.6. The standard InChI is InChI=1S/C12H9BrN4OS/c1-2-9-11(19-17-16-9)12(18)15-10-4-3-8(13)5-7(10)6-14/h3-5H,2H2,1H3,(H,15,18). The maximum atomic E-state index is 12.1. The van der Waals surface area contributed by atoms with Crippen molar-refractivity contribution < 1.29 is 4.79 Å². The van der Waals surface area contributed by atoms with Gasteiger partial charge in [-0.3, -0.25) is 4.79 Å². The van der Waals surface area contributed by atoms with E-state index in [0.717, 1.165) is 16.0 Å². The van der Waals surface area contributed by atoms with Crippen LogP contribution in [-0.4, -0.2) is 15.5 Å². The molecule has 0 saturated carbocycles. The Bertz CT molecular complexity index is 662. The number of hydrogen-bond acceptors (Lipinski definition) is 5. The molecular weight excluding hydrogens is 328 g/mol. The molecule has 2 aromatic rings. The molecule has 1 aromatic carbocycles. The molecule has 96 valence electrons. The van der Waals surface area contributed by atoms with E-state index in [1.807, 2.05) is 13.0 Å². The summed E-state index contributed by atoms with van der Waals surface area (Å²) in [5.74, 6) is -0.286. The molecule has 0 fully saturated rings. The monoisotopic (exact) mass is 336 g/mol.